The number of benzene rings is 4. The minimum Gasteiger partial charge on any atom is -0.493 e. The zero-order valence-corrected chi connectivity index (χ0v) is 16.7. The van der Waals surface area contributed by atoms with Gasteiger partial charge in [-0.3, -0.25) is 0 Å². The standard InChI is InChI=1S/C27H21NO2/c1-29-27-16-21(11-14-26(27)30-19-20-7-3-2-4-8-20)15-25(18-28)24-13-12-22-9-5-6-10-23(22)17-24/h2-17H,19H2,1H3/b25-15-. The highest BCUT2D eigenvalue weighted by molar-refractivity contribution is 5.94. The van der Waals surface area contributed by atoms with Crippen molar-refractivity contribution >= 4 is 22.4 Å². The number of methoxy groups -OCH3 is 1. The van der Waals surface area contributed by atoms with Gasteiger partial charge in [-0.15, -0.1) is 0 Å². The van der Waals surface area contributed by atoms with Gasteiger partial charge in [-0.05, 0) is 51.7 Å². The Morgan fingerprint density at radius 3 is 2.37 bits per heavy atom. The van der Waals surface area contributed by atoms with E-state index in [4.69, 9.17) is 9.47 Å². The van der Waals surface area contributed by atoms with E-state index in [2.05, 4.69) is 18.2 Å². The lowest BCUT2D eigenvalue weighted by molar-refractivity contribution is 0.284. The van der Waals surface area contributed by atoms with Gasteiger partial charge < -0.3 is 9.47 Å². The molecule has 0 amide bonds. The number of nitriles is 1. The molecule has 4 rings (SSSR count). The van der Waals surface area contributed by atoms with E-state index in [-0.39, 0.29) is 0 Å². The van der Waals surface area contributed by atoms with Crippen LogP contribution in [0.1, 0.15) is 16.7 Å². The molecule has 0 aliphatic heterocycles. The molecule has 0 unspecified atom stereocenters. The smallest absolute Gasteiger partial charge is 0.161 e. The van der Waals surface area contributed by atoms with Gasteiger partial charge >= 0.3 is 0 Å². The SMILES string of the molecule is COc1cc(/C=C(/C#N)c2ccc3ccccc3c2)ccc1OCc1ccccc1. The molecule has 0 bridgehead atoms. The van der Waals surface area contributed by atoms with Gasteiger partial charge in [0.15, 0.2) is 11.5 Å². The maximum Gasteiger partial charge on any atom is 0.161 e. The molecule has 0 saturated carbocycles. The van der Waals surface area contributed by atoms with Crippen LogP contribution in [0.5, 0.6) is 11.5 Å². The Morgan fingerprint density at radius 1 is 0.833 bits per heavy atom. The Bertz CT molecular complexity index is 1240. The van der Waals surface area contributed by atoms with Crippen molar-refractivity contribution in [3.63, 3.8) is 0 Å². The van der Waals surface area contributed by atoms with Gasteiger partial charge in [0.2, 0.25) is 0 Å². The number of fused-ring (bicyclic) bond motifs is 1. The molecule has 146 valence electrons. The number of rotatable bonds is 6. The molecule has 4 aromatic rings. The van der Waals surface area contributed by atoms with Crippen LogP contribution in [0.3, 0.4) is 0 Å². The normalized spacial score (nSPS) is 11.1. The van der Waals surface area contributed by atoms with Crippen molar-refractivity contribution in [2.45, 2.75) is 6.61 Å². The van der Waals surface area contributed by atoms with Gasteiger partial charge in [-0.25, -0.2) is 0 Å². The van der Waals surface area contributed by atoms with Crippen molar-refractivity contribution in [2.75, 3.05) is 7.11 Å². The highest BCUT2D eigenvalue weighted by Crippen LogP contribution is 2.31. The molecule has 30 heavy (non-hydrogen) atoms. The second-order valence-electron chi connectivity index (χ2n) is 6.92. The fraction of sp³-hybridized carbons (Fsp3) is 0.0741. The summed E-state index contributed by atoms with van der Waals surface area (Å²) in [5.41, 5.74) is 3.45. The van der Waals surface area contributed by atoms with Gasteiger partial charge in [-0.2, -0.15) is 5.26 Å². The largest absolute Gasteiger partial charge is 0.493 e. The molecule has 0 heterocycles. The van der Waals surface area contributed by atoms with E-state index in [9.17, 15) is 5.26 Å². The third kappa shape index (κ3) is 4.34. The summed E-state index contributed by atoms with van der Waals surface area (Å²) in [6.45, 7) is 0.465. The van der Waals surface area contributed by atoms with Crippen LogP contribution in [0.25, 0.3) is 22.4 Å². The summed E-state index contributed by atoms with van der Waals surface area (Å²) in [6, 6.07) is 32.2. The van der Waals surface area contributed by atoms with Gasteiger partial charge in [0, 0.05) is 0 Å². The fourth-order valence-corrected chi connectivity index (χ4v) is 3.33. The summed E-state index contributed by atoms with van der Waals surface area (Å²) in [6.07, 6.45) is 1.87. The lowest BCUT2D eigenvalue weighted by atomic mass is 10.00. The number of hydrogen-bond acceptors (Lipinski definition) is 3. The highest BCUT2D eigenvalue weighted by Gasteiger charge is 2.08. The van der Waals surface area contributed by atoms with Crippen LogP contribution in [-0.4, -0.2) is 7.11 Å². The summed E-state index contributed by atoms with van der Waals surface area (Å²) < 4.78 is 11.4. The average molecular weight is 391 g/mol. The molecule has 4 aromatic carbocycles. The third-order valence-electron chi connectivity index (χ3n) is 4.92. The maximum absolute atomic E-state index is 9.73. The first-order valence-corrected chi connectivity index (χ1v) is 9.72. The van der Waals surface area contributed by atoms with Crippen LogP contribution in [0.4, 0.5) is 0 Å². The molecule has 0 spiro atoms. The molecule has 3 nitrogen and oxygen atoms in total. The molecule has 0 N–H and O–H groups in total. The summed E-state index contributed by atoms with van der Waals surface area (Å²) in [5, 5.41) is 12.0. The topological polar surface area (TPSA) is 42.2 Å². The molecule has 0 atom stereocenters. The average Bonchev–Trinajstić information content (AvgIpc) is 2.81. The van der Waals surface area contributed by atoms with E-state index in [1.165, 1.54) is 0 Å². The van der Waals surface area contributed by atoms with Crippen molar-refractivity contribution < 1.29 is 9.47 Å². The Kier molecular flexibility index (Phi) is 5.78. The van der Waals surface area contributed by atoms with Crippen LogP contribution in [-0.2, 0) is 6.61 Å². The van der Waals surface area contributed by atoms with Crippen molar-refractivity contribution in [3.05, 3.63) is 108 Å². The van der Waals surface area contributed by atoms with Gasteiger partial charge in [0.05, 0.1) is 18.8 Å². The Labute approximate surface area is 176 Å². The van der Waals surface area contributed by atoms with Gasteiger partial charge in [0.25, 0.3) is 0 Å². The van der Waals surface area contributed by atoms with Crippen LogP contribution < -0.4 is 9.47 Å². The number of allylic oxidation sites excluding steroid dienone is 1. The summed E-state index contributed by atoms with van der Waals surface area (Å²) in [7, 11) is 1.62. The van der Waals surface area contributed by atoms with Crippen molar-refractivity contribution in [1.82, 2.24) is 0 Å². The molecule has 0 aliphatic rings. The molecule has 0 radical (unpaired) electrons. The minimum absolute atomic E-state index is 0.465. The second kappa shape index (κ2) is 8.98. The predicted molar refractivity (Wildman–Crippen MR) is 121 cm³/mol. The Balaban J connectivity index is 1.60. The molecule has 0 aromatic heterocycles. The second-order valence-corrected chi connectivity index (χ2v) is 6.92. The van der Waals surface area contributed by atoms with Gasteiger partial charge in [0.1, 0.15) is 6.61 Å². The quantitative estimate of drug-likeness (QED) is 0.279. The predicted octanol–water partition coefficient (Wildman–Crippen LogP) is 6.49. The maximum atomic E-state index is 9.73. The first-order valence-electron chi connectivity index (χ1n) is 9.72. The lowest BCUT2D eigenvalue weighted by Crippen LogP contribution is -1.97. The van der Waals surface area contributed by atoms with Crippen LogP contribution in [0, 0.1) is 11.3 Å². The summed E-state index contributed by atoms with van der Waals surface area (Å²) in [4.78, 5) is 0. The monoisotopic (exact) mass is 391 g/mol. The first-order chi connectivity index (χ1) is 14.8. The van der Waals surface area contributed by atoms with Crippen LogP contribution in [0.15, 0.2) is 91.0 Å². The molecular formula is C27H21NO2. The van der Waals surface area contributed by atoms with Crippen LogP contribution >= 0.6 is 0 Å². The summed E-state index contributed by atoms with van der Waals surface area (Å²) >= 11 is 0. The van der Waals surface area contributed by atoms with Crippen molar-refractivity contribution in [2.24, 2.45) is 0 Å². The summed E-state index contributed by atoms with van der Waals surface area (Å²) in [5.74, 6) is 1.30. The Hall–Kier alpha value is -4.03. The molecule has 3 heteroatoms. The van der Waals surface area contributed by atoms with Crippen molar-refractivity contribution in [1.29, 1.82) is 5.26 Å². The number of nitrogens with zero attached hydrogens (tertiary/aromatic N) is 1. The van der Waals surface area contributed by atoms with E-state index in [1.54, 1.807) is 7.11 Å². The van der Waals surface area contributed by atoms with E-state index in [0.29, 0.717) is 23.7 Å². The number of ether oxygens (including phenoxy) is 2. The molecule has 0 fully saturated rings. The first kappa shape index (κ1) is 19.3. The lowest BCUT2D eigenvalue weighted by Gasteiger charge is -2.12. The fourth-order valence-electron chi connectivity index (χ4n) is 3.33. The third-order valence-corrected chi connectivity index (χ3v) is 4.92. The molecular weight excluding hydrogens is 370 g/mol. The molecule has 0 saturated heterocycles. The minimum atomic E-state index is 0.465. The zero-order chi connectivity index (χ0) is 20.8. The Morgan fingerprint density at radius 2 is 1.60 bits per heavy atom. The number of hydrogen-bond donors (Lipinski definition) is 0. The highest BCUT2D eigenvalue weighted by atomic mass is 16.5. The zero-order valence-electron chi connectivity index (χ0n) is 16.7. The molecule has 0 aliphatic carbocycles. The van der Waals surface area contributed by atoms with E-state index < -0.39 is 0 Å². The van der Waals surface area contributed by atoms with E-state index in [1.807, 2.05) is 84.9 Å². The van der Waals surface area contributed by atoms with E-state index >= 15 is 0 Å². The van der Waals surface area contributed by atoms with Crippen LogP contribution in [0.2, 0.25) is 0 Å². The van der Waals surface area contributed by atoms with Gasteiger partial charge in [-0.1, -0.05) is 72.8 Å². The van der Waals surface area contributed by atoms with E-state index in [0.717, 1.165) is 27.5 Å². The van der Waals surface area contributed by atoms with Crippen molar-refractivity contribution in [3.8, 4) is 17.6 Å².